The van der Waals surface area contributed by atoms with Crippen molar-refractivity contribution in [3.05, 3.63) is 53.1 Å². The van der Waals surface area contributed by atoms with E-state index in [1.807, 2.05) is 25.1 Å². The van der Waals surface area contributed by atoms with Crippen LogP contribution in [0.1, 0.15) is 36.0 Å². The van der Waals surface area contributed by atoms with Gasteiger partial charge in [-0.15, -0.1) is 0 Å². The number of benzene rings is 2. The van der Waals surface area contributed by atoms with Crippen LogP contribution in [0.25, 0.3) is 0 Å². The fraction of sp³-hybridized carbons (Fsp3) is 0.481. The zero-order valence-electron chi connectivity index (χ0n) is 20.4. The highest BCUT2D eigenvalue weighted by Gasteiger charge is 2.72. The zero-order valence-corrected chi connectivity index (χ0v) is 20.4. The predicted octanol–water partition coefficient (Wildman–Crippen LogP) is 2.58. The molecule has 0 aliphatic carbocycles. The molecule has 9 nitrogen and oxygen atoms in total. The third kappa shape index (κ3) is 2.79. The lowest BCUT2D eigenvalue weighted by atomic mass is 9.67. The fourth-order valence-electron chi connectivity index (χ4n) is 6.44. The van der Waals surface area contributed by atoms with Crippen molar-refractivity contribution in [2.24, 2.45) is 0 Å². The number of hydrogen-bond donors (Lipinski definition) is 3. The summed E-state index contributed by atoms with van der Waals surface area (Å²) in [5, 5.41) is 25.1. The first-order valence-electron chi connectivity index (χ1n) is 12.2. The van der Waals surface area contributed by atoms with Crippen molar-refractivity contribution in [2.45, 2.75) is 61.6 Å². The second kappa shape index (κ2) is 7.29. The van der Waals surface area contributed by atoms with E-state index in [0.717, 1.165) is 40.1 Å². The number of hydrogen-bond acceptors (Lipinski definition) is 9. The second-order valence-electron chi connectivity index (χ2n) is 10.3. The van der Waals surface area contributed by atoms with Gasteiger partial charge in [-0.1, -0.05) is 18.2 Å². The average molecular weight is 496 g/mol. The standard InChI is InChI=1S/C27H29NO8/c1-12(2)17-7-13-16(28-17)6-5-15-24(13)34-21-11-33-18-9-20(32-4)19(31-3)8-14(18)23(21)26(15)10-22-27(30,35-22)25(29)36-26/h5-6,8-9,17,21-23,25,28-30H,1,7,10-11H2,2-4H3. The number of nitrogens with one attached hydrogen (secondary N) is 1. The summed E-state index contributed by atoms with van der Waals surface area (Å²) in [7, 11) is 3.16. The van der Waals surface area contributed by atoms with Crippen LogP contribution in [-0.4, -0.2) is 61.4 Å². The molecule has 3 N–H and O–H groups in total. The second-order valence-corrected chi connectivity index (χ2v) is 10.3. The Labute approximate surface area is 208 Å². The third-order valence-corrected chi connectivity index (χ3v) is 8.35. The van der Waals surface area contributed by atoms with E-state index in [1.165, 1.54) is 0 Å². The fourth-order valence-corrected chi connectivity index (χ4v) is 6.44. The Balaban J connectivity index is 1.43. The molecule has 0 radical (unpaired) electrons. The van der Waals surface area contributed by atoms with Gasteiger partial charge in [-0.05, 0) is 19.1 Å². The Bertz CT molecular complexity index is 1300. The monoisotopic (exact) mass is 495 g/mol. The molecule has 0 bridgehead atoms. The van der Waals surface area contributed by atoms with E-state index in [0.29, 0.717) is 23.7 Å². The molecule has 7 atom stereocenters. The van der Waals surface area contributed by atoms with Crippen molar-refractivity contribution in [1.82, 2.24) is 0 Å². The topological polar surface area (TPSA) is 111 Å². The summed E-state index contributed by atoms with van der Waals surface area (Å²) in [6, 6.07) is 7.83. The highest BCUT2D eigenvalue weighted by Crippen LogP contribution is 2.64. The van der Waals surface area contributed by atoms with Gasteiger partial charge in [-0.2, -0.15) is 0 Å². The van der Waals surface area contributed by atoms with Gasteiger partial charge in [0.1, 0.15) is 35.9 Å². The first-order valence-corrected chi connectivity index (χ1v) is 12.2. The molecule has 2 aromatic carbocycles. The maximum Gasteiger partial charge on any atom is 0.245 e. The molecule has 7 rings (SSSR count). The van der Waals surface area contributed by atoms with E-state index in [1.54, 1.807) is 20.3 Å². The number of aliphatic hydroxyl groups is 2. The highest BCUT2D eigenvalue weighted by molar-refractivity contribution is 5.68. The summed E-state index contributed by atoms with van der Waals surface area (Å²) in [5.74, 6) is 0.437. The molecule has 5 aliphatic heterocycles. The van der Waals surface area contributed by atoms with Crippen LogP contribution in [0.5, 0.6) is 23.0 Å². The summed E-state index contributed by atoms with van der Waals surface area (Å²) in [6.45, 7) is 6.41. The smallest absolute Gasteiger partial charge is 0.245 e. The van der Waals surface area contributed by atoms with Crippen LogP contribution in [0.15, 0.2) is 36.4 Å². The molecule has 2 aromatic rings. The largest absolute Gasteiger partial charge is 0.493 e. The van der Waals surface area contributed by atoms with E-state index in [4.69, 9.17) is 28.4 Å². The molecule has 0 amide bonds. The minimum Gasteiger partial charge on any atom is -0.493 e. The quantitative estimate of drug-likeness (QED) is 0.437. The number of epoxide rings is 1. The molecular weight excluding hydrogens is 466 g/mol. The van der Waals surface area contributed by atoms with Gasteiger partial charge in [0.05, 0.1) is 26.2 Å². The van der Waals surface area contributed by atoms with E-state index in [2.05, 4.69) is 11.9 Å². The molecule has 2 saturated heterocycles. The number of fused-ring (bicyclic) bond motifs is 9. The van der Waals surface area contributed by atoms with Crippen LogP contribution in [0.4, 0.5) is 5.69 Å². The van der Waals surface area contributed by atoms with Crippen LogP contribution in [-0.2, 0) is 21.5 Å². The van der Waals surface area contributed by atoms with Crippen LogP contribution in [0.3, 0.4) is 0 Å². The third-order valence-electron chi connectivity index (χ3n) is 8.35. The Morgan fingerprint density at radius 3 is 2.67 bits per heavy atom. The Kier molecular flexibility index (Phi) is 4.50. The molecule has 36 heavy (non-hydrogen) atoms. The van der Waals surface area contributed by atoms with Crippen molar-refractivity contribution in [3.63, 3.8) is 0 Å². The van der Waals surface area contributed by atoms with Gasteiger partial charge in [0.2, 0.25) is 12.1 Å². The molecule has 7 unspecified atom stereocenters. The van der Waals surface area contributed by atoms with Gasteiger partial charge in [0.15, 0.2) is 11.5 Å². The first-order chi connectivity index (χ1) is 17.3. The van der Waals surface area contributed by atoms with Gasteiger partial charge in [0.25, 0.3) is 0 Å². The van der Waals surface area contributed by atoms with E-state index in [9.17, 15) is 10.2 Å². The zero-order chi connectivity index (χ0) is 25.0. The SMILES string of the molecule is C=C(C)C1Cc2c(ccc3c2OC2COc4cc(OC)c(OC)cc4C2C32CC3OC3(O)C(O)O2)N1. The van der Waals surface area contributed by atoms with Gasteiger partial charge < -0.3 is 44.0 Å². The van der Waals surface area contributed by atoms with E-state index in [-0.39, 0.29) is 18.6 Å². The summed E-state index contributed by atoms with van der Waals surface area (Å²) in [4.78, 5) is 0. The maximum atomic E-state index is 10.9. The van der Waals surface area contributed by atoms with Crippen molar-refractivity contribution in [1.29, 1.82) is 0 Å². The Morgan fingerprint density at radius 2 is 1.94 bits per heavy atom. The normalized spacial score (nSPS) is 36.6. The molecule has 5 aliphatic rings. The molecule has 0 saturated carbocycles. The lowest BCUT2D eigenvalue weighted by Gasteiger charge is -2.52. The predicted molar refractivity (Wildman–Crippen MR) is 128 cm³/mol. The van der Waals surface area contributed by atoms with Gasteiger partial charge in [-0.25, -0.2) is 0 Å². The lowest BCUT2D eigenvalue weighted by molar-refractivity contribution is -0.290. The van der Waals surface area contributed by atoms with E-state index >= 15 is 0 Å². The average Bonchev–Trinajstić information content (AvgIpc) is 3.33. The van der Waals surface area contributed by atoms with E-state index < -0.39 is 29.9 Å². The summed E-state index contributed by atoms with van der Waals surface area (Å²) in [6.07, 6.45) is -1.40. The first kappa shape index (κ1) is 22.2. The number of methoxy groups -OCH3 is 2. The van der Waals surface area contributed by atoms with Gasteiger partial charge in [-0.3, -0.25) is 0 Å². The molecular formula is C27H29NO8. The minimum atomic E-state index is -1.69. The minimum absolute atomic E-state index is 0.110. The molecule has 2 fully saturated rings. The number of rotatable bonds is 3. The summed E-state index contributed by atoms with van der Waals surface area (Å²) >= 11 is 0. The Morgan fingerprint density at radius 1 is 1.17 bits per heavy atom. The van der Waals surface area contributed by atoms with Crippen molar-refractivity contribution >= 4 is 5.69 Å². The summed E-state index contributed by atoms with van der Waals surface area (Å²) in [5.41, 5.74) is 3.71. The molecule has 190 valence electrons. The molecule has 9 heteroatoms. The number of anilines is 1. The molecule has 1 spiro atoms. The lowest BCUT2D eigenvalue weighted by Crippen LogP contribution is -2.58. The molecule has 5 heterocycles. The van der Waals surface area contributed by atoms with Gasteiger partial charge >= 0.3 is 0 Å². The van der Waals surface area contributed by atoms with Crippen molar-refractivity contribution in [3.8, 4) is 23.0 Å². The highest BCUT2D eigenvalue weighted by atomic mass is 16.8. The maximum absolute atomic E-state index is 10.9. The van der Waals surface area contributed by atoms with Crippen LogP contribution >= 0.6 is 0 Å². The van der Waals surface area contributed by atoms with Crippen LogP contribution in [0.2, 0.25) is 0 Å². The van der Waals surface area contributed by atoms with Crippen molar-refractivity contribution < 1.29 is 38.6 Å². The molecule has 0 aromatic heterocycles. The number of ether oxygens (including phenoxy) is 6. The Hall–Kier alpha value is -2.98. The van der Waals surface area contributed by atoms with Gasteiger partial charge in [0, 0.05) is 41.3 Å². The van der Waals surface area contributed by atoms with Crippen LogP contribution in [0, 0.1) is 0 Å². The van der Waals surface area contributed by atoms with Crippen LogP contribution < -0.4 is 24.3 Å². The number of aliphatic hydroxyl groups excluding tert-OH is 1. The summed E-state index contributed by atoms with van der Waals surface area (Å²) < 4.78 is 35.9. The van der Waals surface area contributed by atoms with Crippen molar-refractivity contribution in [2.75, 3.05) is 26.1 Å².